The van der Waals surface area contributed by atoms with E-state index in [1.54, 1.807) is 0 Å². The standard InChI is InChI=1S/C19H19N9O6/c20-15-14-16(26-19(21)25-15)22-7-11(23-14)8-28(34)27-10-3-1-9(2-4-10)17(31)24-12(18(32)33)5-6-13(29)30/h1-4,7,12H,5-6,8H2,(H7-,20,21,22,24,25,26,27,29,30,31,32,33,34)/p+1/t12-/m0/s1. The van der Waals surface area contributed by atoms with Crippen molar-refractivity contribution in [3.63, 3.8) is 0 Å². The number of amides is 1. The fourth-order valence-corrected chi connectivity index (χ4v) is 2.85. The molecule has 34 heavy (non-hydrogen) atoms. The van der Waals surface area contributed by atoms with Crippen LogP contribution in [0.15, 0.2) is 30.5 Å². The molecule has 0 saturated heterocycles. The van der Waals surface area contributed by atoms with Crippen LogP contribution < -0.4 is 22.2 Å². The van der Waals surface area contributed by atoms with Crippen LogP contribution in [-0.2, 0) is 16.1 Å². The van der Waals surface area contributed by atoms with Gasteiger partial charge in [-0.05, 0) is 30.7 Å². The van der Waals surface area contributed by atoms with Crippen LogP contribution in [0.5, 0.6) is 0 Å². The summed E-state index contributed by atoms with van der Waals surface area (Å²) in [6.45, 7) is -0.209. The molecule has 8 N–H and O–H groups in total. The molecule has 2 aromatic heterocycles. The Morgan fingerprint density at radius 3 is 2.41 bits per heavy atom. The molecule has 15 heteroatoms. The SMILES string of the molecule is Nc1nc(N)c2nc(C[N+](=O)Nc3ccc(C(=O)N[C@@H](CCC(=O)O)C(=O)O)cc3)cnc2n1. The molecule has 0 radical (unpaired) electrons. The quantitative estimate of drug-likeness (QED) is 0.168. The summed E-state index contributed by atoms with van der Waals surface area (Å²) in [6, 6.07) is 4.28. The maximum Gasteiger partial charge on any atom is 0.326 e. The van der Waals surface area contributed by atoms with Gasteiger partial charge in [0, 0.05) is 12.0 Å². The molecule has 3 rings (SSSR count). The van der Waals surface area contributed by atoms with Gasteiger partial charge in [0.15, 0.2) is 17.0 Å². The zero-order valence-corrected chi connectivity index (χ0v) is 17.5. The average Bonchev–Trinajstić information content (AvgIpc) is 2.77. The fourth-order valence-electron chi connectivity index (χ4n) is 2.85. The van der Waals surface area contributed by atoms with Gasteiger partial charge in [0.1, 0.15) is 22.3 Å². The second kappa shape index (κ2) is 10.1. The van der Waals surface area contributed by atoms with Crippen LogP contribution >= 0.6 is 0 Å². The number of nitrogen functional groups attached to an aromatic ring is 2. The zero-order chi connectivity index (χ0) is 24.8. The van der Waals surface area contributed by atoms with Gasteiger partial charge >= 0.3 is 11.9 Å². The number of anilines is 3. The Labute approximate surface area is 190 Å². The lowest BCUT2D eigenvalue weighted by molar-refractivity contribution is -0.535. The van der Waals surface area contributed by atoms with E-state index in [0.717, 1.165) is 0 Å². The van der Waals surface area contributed by atoms with Gasteiger partial charge in [-0.15, -0.1) is 5.43 Å². The fraction of sp³-hybridized carbons (Fsp3) is 0.211. The number of nitrogens with one attached hydrogen (secondary N) is 2. The molecule has 0 fully saturated rings. The smallest absolute Gasteiger partial charge is 0.326 e. The van der Waals surface area contributed by atoms with E-state index in [9.17, 15) is 19.3 Å². The molecule has 0 bridgehead atoms. The summed E-state index contributed by atoms with van der Waals surface area (Å²) < 4.78 is 0. The molecule has 0 spiro atoms. The lowest BCUT2D eigenvalue weighted by Gasteiger charge is -2.13. The summed E-state index contributed by atoms with van der Waals surface area (Å²) in [7, 11) is 0. The Bertz CT molecular complexity index is 1270. The van der Waals surface area contributed by atoms with E-state index in [1.807, 2.05) is 0 Å². The van der Waals surface area contributed by atoms with Gasteiger partial charge in [0.2, 0.25) is 5.95 Å². The molecule has 0 unspecified atom stereocenters. The first kappa shape index (κ1) is 23.7. The molecular formula is C19H20N9O6+. The summed E-state index contributed by atoms with van der Waals surface area (Å²) in [5, 5.41) is 20.1. The third-order valence-electron chi connectivity index (χ3n) is 4.46. The third-order valence-corrected chi connectivity index (χ3v) is 4.46. The van der Waals surface area contributed by atoms with E-state index in [-0.39, 0.29) is 47.2 Å². The number of carbonyl (C=O) groups excluding carboxylic acids is 1. The number of fused-ring (bicyclic) bond motifs is 1. The first-order chi connectivity index (χ1) is 16.1. The van der Waals surface area contributed by atoms with Gasteiger partial charge in [0.25, 0.3) is 12.5 Å². The highest BCUT2D eigenvalue weighted by Gasteiger charge is 2.22. The molecular weight excluding hydrogens is 450 g/mol. The minimum absolute atomic E-state index is 0.0317. The number of aromatic nitrogens is 4. The number of hydrogen-bond acceptors (Lipinski definition) is 10. The molecule has 176 valence electrons. The van der Waals surface area contributed by atoms with Crippen molar-refractivity contribution in [3.05, 3.63) is 46.6 Å². The summed E-state index contributed by atoms with van der Waals surface area (Å²) in [5.41, 5.74) is 15.0. The van der Waals surface area contributed by atoms with Crippen LogP contribution in [0, 0.1) is 4.91 Å². The summed E-state index contributed by atoms with van der Waals surface area (Å²) in [4.78, 5) is 62.9. The number of nitrogens with two attached hydrogens (primary N) is 2. The van der Waals surface area contributed by atoms with Crippen LogP contribution in [0.4, 0.5) is 17.5 Å². The maximum atomic E-state index is 12.3. The number of rotatable bonds is 10. The molecule has 0 aliphatic carbocycles. The highest BCUT2D eigenvalue weighted by atomic mass is 16.4. The van der Waals surface area contributed by atoms with Crippen molar-refractivity contribution in [2.24, 2.45) is 0 Å². The highest BCUT2D eigenvalue weighted by molar-refractivity contribution is 5.96. The second-order valence-electron chi connectivity index (χ2n) is 7.02. The predicted molar refractivity (Wildman–Crippen MR) is 117 cm³/mol. The summed E-state index contributed by atoms with van der Waals surface area (Å²) in [6.07, 6.45) is 0.677. The number of hydrazine groups is 1. The van der Waals surface area contributed by atoms with Gasteiger partial charge in [-0.2, -0.15) is 9.97 Å². The number of aliphatic carboxylic acids is 2. The summed E-state index contributed by atoms with van der Waals surface area (Å²) >= 11 is 0. The van der Waals surface area contributed by atoms with Crippen LogP contribution in [0.1, 0.15) is 28.9 Å². The highest BCUT2D eigenvalue weighted by Crippen LogP contribution is 2.15. The molecule has 2 heterocycles. The van der Waals surface area contributed by atoms with Crippen molar-refractivity contribution in [2.75, 3.05) is 16.9 Å². The minimum atomic E-state index is -1.35. The minimum Gasteiger partial charge on any atom is -0.481 e. The van der Waals surface area contributed by atoms with Gasteiger partial charge < -0.3 is 27.0 Å². The van der Waals surface area contributed by atoms with E-state index < -0.39 is 30.3 Å². The number of hydrogen-bond donors (Lipinski definition) is 6. The zero-order valence-electron chi connectivity index (χ0n) is 17.5. The monoisotopic (exact) mass is 470 g/mol. The van der Waals surface area contributed by atoms with Gasteiger partial charge in [-0.1, -0.05) is 0 Å². The Morgan fingerprint density at radius 1 is 1.06 bits per heavy atom. The molecule has 15 nitrogen and oxygen atoms in total. The van der Waals surface area contributed by atoms with Crippen molar-refractivity contribution in [2.45, 2.75) is 25.4 Å². The molecule has 1 atom stereocenters. The van der Waals surface area contributed by atoms with Crippen molar-refractivity contribution >= 4 is 46.5 Å². The number of carbonyl (C=O) groups is 3. The van der Waals surface area contributed by atoms with Crippen molar-refractivity contribution in [1.82, 2.24) is 25.3 Å². The first-order valence-corrected chi connectivity index (χ1v) is 9.74. The second-order valence-corrected chi connectivity index (χ2v) is 7.02. The van der Waals surface area contributed by atoms with E-state index in [4.69, 9.17) is 21.7 Å². The Kier molecular flexibility index (Phi) is 7.05. The number of nitrogens with zero attached hydrogens (tertiary/aromatic N) is 5. The average molecular weight is 470 g/mol. The topological polar surface area (TPSA) is 239 Å². The van der Waals surface area contributed by atoms with Crippen LogP contribution in [0.2, 0.25) is 0 Å². The number of benzene rings is 1. The Balaban J connectivity index is 1.61. The predicted octanol–water partition coefficient (Wildman–Crippen LogP) is -0.0620. The first-order valence-electron chi connectivity index (χ1n) is 9.74. The molecule has 3 aromatic rings. The number of carboxylic acid groups (broad SMARTS) is 2. The largest absolute Gasteiger partial charge is 0.481 e. The number of nitroso groups, excluding NO2 is 1. The van der Waals surface area contributed by atoms with Crippen molar-refractivity contribution in [3.8, 4) is 0 Å². The van der Waals surface area contributed by atoms with Crippen molar-refractivity contribution < 1.29 is 29.5 Å². The molecule has 0 aliphatic rings. The molecule has 0 saturated carbocycles. The van der Waals surface area contributed by atoms with Crippen molar-refractivity contribution in [1.29, 1.82) is 0 Å². The van der Waals surface area contributed by atoms with E-state index in [2.05, 4.69) is 30.7 Å². The number of carboxylic acids is 2. The van der Waals surface area contributed by atoms with Gasteiger partial charge in [-0.3, -0.25) is 9.59 Å². The van der Waals surface area contributed by atoms with E-state index >= 15 is 0 Å². The molecule has 0 aliphatic heterocycles. The molecule has 1 amide bonds. The van der Waals surface area contributed by atoms with Crippen LogP contribution in [0.3, 0.4) is 0 Å². The Morgan fingerprint density at radius 2 is 1.76 bits per heavy atom. The van der Waals surface area contributed by atoms with E-state index in [1.165, 1.54) is 30.5 Å². The maximum absolute atomic E-state index is 12.3. The third kappa shape index (κ3) is 6.06. The molecule has 1 aromatic carbocycles. The van der Waals surface area contributed by atoms with Crippen LogP contribution in [-0.4, -0.2) is 58.9 Å². The lowest BCUT2D eigenvalue weighted by Crippen LogP contribution is -2.41. The van der Waals surface area contributed by atoms with Crippen LogP contribution in [0.25, 0.3) is 11.2 Å². The lowest BCUT2D eigenvalue weighted by atomic mass is 10.1. The Hall–Kier alpha value is -4.95. The van der Waals surface area contributed by atoms with E-state index in [0.29, 0.717) is 10.6 Å². The summed E-state index contributed by atoms with van der Waals surface area (Å²) in [5.74, 6) is -3.23. The van der Waals surface area contributed by atoms with Gasteiger partial charge in [0.05, 0.1) is 11.1 Å². The normalized spacial score (nSPS) is 11.5. The van der Waals surface area contributed by atoms with Gasteiger partial charge in [-0.25, -0.2) is 14.8 Å².